The van der Waals surface area contributed by atoms with Crippen LogP contribution in [0, 0.1) is 13.8 Å². The highest BCUT2D eigenvalue weighted by atomic mass is 32.1. The number of rotatable bonds is 5. The topological polar surface area (TPSA) is 51.1 Å². The van der Waals surface area contributed by atoms with E-state index in [1.165, 1.54) is 5.56 Å². The first kappa shape index (κ1) is 16.3. The van der Waals surface area contributed by atoms with Crippen molar-refractivity contribution in [1.82, 2.24) is 15.1 Å². The van der Waals surface area contributed by atoms with Crippen molar-refractivity contribution in [3.05, 3.63) is 41.2 Å². The van der Waals surface area contributed by atoms with Crippen molar-refractivity contribution in [3.8, 4) is 5.75 Å². The highest BCUT2D eigenvalue weighted by Gasteiger charge is 2.10. The van der Waals surface area contributed by atoms with Crippen molar-refractivity contribution in [3.63, 3.8) is 0 Å². The quantitative estimate of drug-likeness (QED) is 0.830. The smallest absolute Gasteiger partial charge is 0.171 e. The Morgan fingerprint density at radius 1 is 1.32 bits per heavy atom. The molecule has 0 fully saturated rings. The zero-order valence-corrected chi connectivity index (χ0v) is 14.3. The van der Waals surface area contributed by atoms with Crippen LogP contribution in [0.4, 0.5) is 5.69 Å². The van der Waals surface area contributed by atoms with Crippen LogP contribution in [0.1, 0.15) is 23.9 Å². The molecule has 0 aliphatic heterocycles. The van der Waals surface area contributed by atoms with Gasteiger partial charge in [0.1, 0.15) is 5.75 Å². The van der Waals surface area contributed by atoms with E-state index in [4.69, 9.17) is 17.0 Å². The van der Waals surface area contributed by atoms with Gasteiger partial charge in [-0.15, -0.1) is 0 Å². The first-order valence-corrected chi connectivity index (χ1v) is 7.69. The highest BCUT2D eigenvalue weighted by molar-refractivity contribution is 7.80. The number of aromatic nitrogens is 2. The lowest BCUT2D eigenvalue weighted by Crippen LogP contribution is -2.28. The fourth-order valence-electron chi connectivity index (χ4n) is 2.26. The van der Waals surface area contributed by atoms with Gasteiger partial charge in [-0.25, -0.2) is 0 Å². The van der Waals surface area contributed by atoms with Gasteiger partial charge in [-0.3, -0.25) is 4.68 Å². The van der Waals surface area contributed by atoms with Crippen LogP contribution >= 0.6 is 12.2 Å². The van der Waals surface area contributed by atoms with E-state index in [1.54, 1.807) is 0 Å². The molecule has 1 aromatic carbocycles. The molecule has 0 atom stereocenters. The van der Waals surface area contributed by atoms with E-state index in [0.717, 1.165) is 22.8 Å². The lowest BCUT2D eigenvalue weighted by atomic mass is 10.2. The minimum Gasteiger partial charge on any atom is -0.492 e. The molecule has 0 saturated heterocycles. The Kier molecular flexibility index (Phi) is 5.38. The number of nitrogens with one attached hydrogen (secondary N) is 2. The molecule has 118 valence electrons. The molecule has 0 saturated carbocycles. The van der Waals surface area contributed by atoms with E-state index in [-0.39, 0.29) is 0 Å². The molecular formula is C16H22N4OS. The number of anilines is 1. The van der Waals surface area contributed by atoms with Gasteiger partial charge in [-0.05, 0) is 45.1 Å². The van der Waals surface area contributed by atoms with Gasteiger partial charge >= 0.3 is 0 Å². The summed E-state index contributed by atoms with van der Waals surface area (Å²) >= 11 is 5.37. The summed E-state index contributed by atoms with van der Waals surface area (Å²) in [5, 5.41) is 11.4. The Balaban J connectivity index is 1.99. The Hall–Kier alpha value is -2.08. The number of para-hydroxylation sites is 2. The normalized spacial score (nSPS) is 10.4. The van der Waals surface area contributed by atoms with Crippen molar-refractivity contribution in [2.24, 2.45) is 7.05 Å². The van der Waals surface area contributed by atoms with Crippen LogP contribution in [0.15, 0.2) is 24.3 Å². The first-order valence-electron chi connectivity index (χ1n) is 7.28. The number of ether oxygens (including phenoxy) is 1. The fraction of sp³-hybridized carbons (Fsp3) is 0.375. The van der Waals surface area contributed by atoms with Crippen LogP contribution in [0.2, 0.25) is 0 Å². The molecule has 2 rings (SSSR count). The van der Waals surface area contributed by atoms with Crippen LogP contribution in [-0.4, -0.2) is 21.5 Å². The van der Waals surface area contributed by atoms with Crippen molar-refractivity contribution >= 4 is 23.0 Å². The second kappa shape index (κ2) is 7.26. The fourth-order valence-corrected chi connectivity index (χ4v) is 2.44. The van der Waals surface area contributed by atoms with Crippen molar-refractivity contribution in [2.45, 2.75) is 27.3 Å². The van der Waals surface area contributed by atoms with Gasteiger partial charge in [0.2, 0.25) is 0 Å². The van der Waals surface area contributed by atoms with Crippen molar-refractivity contribution in [1.29, 1.82) is 0 Å². The number of benzene rings is 1. The molecule has 2 N–H and O–H groups in total. The molecule has 0 aliphatic rings. The van der Waals surface area contributed by atoms with Gasteiger partial charge < -0.3 is 15.4 Å². The zero-order chi connectivity index (χ0) is 16.1. The number of thiocarbonyl (C=S) groups is 1. The predicted octanol–water partition coefficient (Wildman–Crippen LogP) is 2.92. The Labute approximate surface area is 136 Å². The first-order chi connectivity index (χ1) is 10.5. The van der Waals surface area contributed by atoms with E-state index >= 15 is 0 Å². The van der Waals surface area contributed by atoms with E-state index < -0.39 is 0 Å². The standard InChI is InChI=1S/C16H22N4OS/c1-5-21-15-9-7-6-8-14(15)18-16(22)17-10-13-11(2)19-20(4)12(13)3/h6-9H,5,10H2,1-4H3,(H2,17,18,22). The summed E-state index contributed by atoms with van der Waals surface area (Å²) in [6.45, 7) is 7.28. The van der Waals surface area contributed by atoms with Gasteiger partial charge in [0, 0.05) is 24.8 Å². The monoisotopic (exact) mass is 318 g/mol. The number of hydrogen-bond donors (Lipinski definition) is 2. The largest absolute Gasteiger partial charge is 0.492 e. The summed E-state index contributed by atoms with van der Waals surface area (Å²) in [6, 6.07) is 7.75. The number of nitrogens with zero attached hydrogens (tertiary/aromatic N) is 2. The molecule has 0 radical (unpaired) electrons. The molecule has 0 aliphatic carbocycles. The Morgan fingerprint density at radius 3 is 2.68 bits per heavy atom. The number of hydrogen-bond acceptors (Lipinski definition) is 3. The molecule has 5 nitrogen and oxygen atoms in total. The maximum absolute atomic E-state index is 5.58. The summed E-state index contributed by atoms with van der Waals surface area (Å²) in [5.74, 6) is 0.794. The van der Waals surface area contributed by atoms with Crippen LogP contribution in [0.5, 0.6) is 5.75 Å². The summed E-state index contributed by atoms with van der Waals surface area (Å²) in [6.07, 6.45) is 0. The van der Waals surface area contributed by atoms with Crippen molar-refractivity contribution < 1.29 is 4.74 Å². The van der Waals surface area contributed by atoms with Crippen LogP contribution < -0.4 is 15.4 Å². The van der Waals surface area contributed by atoms with E-state index in [2.05, 4.69) is 22.7 Å². The lowest BCUT2D eigenvalue weighted by molar-refractivity contribution is 0.342. The predicted molar refractivity (Wildman–Crippen MR) is 93.4 cm³/mol. The van der Waals surface area contributed by atoms with Gasteiger partial charge in [-0.1, -0.05) is 12.1 Å². The maximum atomic E-state index is 5.58. The van der Waals surface area contributed by atoms with Gasteiger partial charge in [0.25, 0.3) is 0 Å². The summed E-state index contributed by atoms with van der Waals surface area (Å²) in [4.78, 5) is 0. The Bertz CT molecular complexity index is 666. The molecule has 22 heavy (non-hydrogen) atoms. The molecule has 0 unspecified atom stereocenters. The summed E-state index contributed by atoms with van der Waals surface area (Å²) in [7, 11) is 1.95. The lowest BCUT2D eigenvalue weighted by Gasteiger charge is -2.14. The third-order valence-corrected chi connectivity index (χ3v) is 3.77. The van der Waals surface area contributed by atoms with E-state index in [0.29, 0.717) is 18.3 Å². The van der Waals surface area contributed by atoms with Crippen LogP contribution in [0.3, 0.4) is 0 Å². The minimum atomic E-state index is 0.565. The molecule has 1 heterocycles. The Morgan fingerprint density at radius 2 is 2.05 bits per heavy atom. The van der Waals surface area contributed by atoms with Gasteiger partial charge in [0.15, 0.2) is 5.11 Å². The molecule has 0 bridgehead atoms. The third-order valence-electron chi connectivity index (χ3n) is 3.52. The summed E-state index contributed by atoms with van der Waals surface area (Å²) in [5.41, 5.74) is 4.19. The minimum absolute atomic E-state index is 0.565. The SMILES string of the molecule is CCOc1ccccc1NC(=S)NCc1c(C)nn(C)c1C. The zero-order valence-electron chi connectivity index (χ0n) is 13.4. The van der Waals surface area contributed by atoms with Crippen LogP contribution in [-0.2, 0) is 13.6 Å². The molecule has 1 aromatic heterocycles. The molecular weight excluding hydrogens is 296 g/mol. The maximum Gasteiger partial charge on any atom is 0.171 e. The molecule has 0 amide bonds. The van der Waals surface area contributed by atoms with Gasteiger partial charge in [0.05, 0.1) is 18.0 Å². The van der Waals surface area contributed by atoms with E-state index in [9.17, 15) is 0 Å². The highest BCUT2D eigenvalue weighted by Crippen LogP contribution is 2.23. The molecule has 2 aromatic rings. The third kappa shape index (κ3) is 3.76. The second-order valence-corrected chi connectivity index (χ2v) is 5.42. The average Bonchev–Trinajstić information content (AvgIpc) is 2.72. The van der Waals surface area contributed by atoms with Crippen LogP contribution in [0.25, 0.3) is 0 Å². The number of aryl methyl sites for hydroxylation is 2. The molecule has 6 heteroatoms. The van der Waals surface area contributed by atoms with E-state index in [1.807, 2.05) is 49.8 Å². The van der Waals surface area contributed by atoms with Gasteiger partial charge in [-0.2, -0.15) is 5.10 Å². The van der Waals surface area contributed by atoms with Crippen molar-refractivity contribution in [2.75, 3.05) is 11.9 Å². The molecule has 0 spiro atoms. The second-order valence-electron chi connectivity index (χ2n) is 5.01. The average molecular weight is 318 g/mol. The summed E-state index contributed by atoms with van der Waals surface area (Å²) < 4.78 is 7.46.